The Kier molecular flexibility index (Phi) is 6.17. The van der Waals surface area contributed by atoms with E-state index in [9.17, 15) is 9.59 Å². The maximum absolute atomic E-state index is 11.4. The molecule has 5 heteroatoms. The van der Waals surface area contributed by atoms with E-state index in [2.05, 4.69) is 0 Å². The molecule has 2 aromatic carbocycles. The van der Waals surface area contributed by atoms with Gasteiger partial charge in [0, 0.05) is 0 Å². The van der Waals surface area contributed by atoms with Crippen LogP contribution in [0.4, 0.5) is 0 Å². The van der Waals surface area contributed by atoms with Gasteiger partial charge in [0.25, 0.3) is 0 Å². The molecule has 120 valence electrons. The van der Waals surface area contributed by atoms with E-state index in [1.165, 1.54) is 0 Å². The summed E-state index contributed by atoms with van der Waals surface area (Å²) in [4.78, 5) is 22.7. The molecule has 0 amide bonds. The first-order valence-electron chi connectivity index (χ1n) is 7.28. The van der Waals surface area contributed by atoms with Gasteiger partial charge in [-0.2, -0.15) is 0 Å². The lowest BCUT2D eigenvalue weighted by molar-refractivity contribution is -0.145. The molecule has 0 N–H and O–H groups in total. The van der Waals surface area contributed by atoms with E-state index in [1.807, 2.05) is 30.3 Å². The Hall–Kier alpha value is -2.82. The molecule has 0 radical (unpaired) electrons. The SMILES string of the molecule is CCOC(=O)COc1cccc(OCc2ccccc2)c1C=O. The molecule has 0 unspecified atom stereocenters. The topological polar surface area (TPSA) is 61.8 Å². The van der Waals surface area contributed by atoms with Gasteiger partial charge in [-0.15, -0.1) is 0 Å². The van der Waals surface area contributed by atoms with Crippen LogP contribution in [-0.2, 0) is 16.1 Å². The van der Waals surface area contributed by atoms with Gasteiger partial charge in [-0.3, -0.25) is 4.79 Å². The number of ether oxygens (including phenoxy) is 3. The van der Waals surface area contributed by atoms with Crippen LogP contribution in [0.1, 0.15) is 22.8 Å². The van der Waals surface area contributed by atoms with E-state index in [-0.39, 0.29) is 18.8 Å². The second-order valence-electron chi connectivity index (χ2n) is 4.65. The molecule has 0 saturated heterocycles. The van der Waals surface area contributed by atoms with Crippen LogP contribution >= 0.6 is 0 Å². The summed E-state index contributed by atoms with van der Waals surface area (Å²) in [5.74, 6) is 0.212. The Balaban J connectivity index is 2.06. The van der Waals surface area contributed by atoms with Crippen LogP contribution in [0.15, 0.2) is 48.5 Å². The van der Waals surface area contributed by atoms with Gasteiger partial charge in [0.2, 0.25) is 0 Å². The van der Waals surface area contributed by atoms with Gasteiger partial charge < -0.3 is 14.2 Å². The van der Waals surface area contributed by atoms with E-state index >= 15 is 0 Å². The molecular weight excluding hydrogens is 296 g/mol. The number of esters is 1. The molecule has 0 aliphatic heterocycles. The second-order valence-corrected chi connectivity index (χ2v) is 4.65. The standard InChI is InChI=1S/C18H18O5/c1-2-21-18(20)13-23-17-10-6-9-16(15(17)11-19)22-12-14-7-4-3-5-8-14/h3-11H,2,12-13H2,1H3. The van der Waals surface area contributed by atoms with Crippen molar-refractivity contribution < 1.29 is 23.8 Å². The minimum atomic E-state index is -0.486. The van der Waals surface area contributed by atoms with Gasteiger partial charge >= 0.3 is 5.97 Å². The fourth-order valence-corrected chi connectivity index (χ4v) is 1.97. The quantitative estimate of drug-likeness (QED) is 0.553. The predicted molar refractivity (Wildman–Crippen MR) is 84.7 cm³/mol. The molecule has 2 rings (SSSR count). The third-order valence-electron chi connectivity index (χ3n) is 3.03. The Morgan fingerprint density at radius 1 is 1.00 bits per heavy atom. The van der Waals surface area contributed by atoms with Crippen molar-refractivity contribution >= 4 is 12.3 Å². The number of benzene rings is 2. The summed E-state index contributed by atoms with van der Waals surface area (Å²) in [6.07, 6.45) is 0.654. The molecule has 0 fully saturated rings. The summed E-state index contributed by atoms with van der Waals surface area (Å²) >= 11 is 0. The smallest absolute Gasteiger partial charge is 0.344 e. The number of aldehydes is 1. The highest BCUT2D eigenvalue weighted by Gasteiger charge is 2.12. The molecule has 0 spiro atoms. The maximum atomic E-state index is 11.4. The minimum Gasteiger partial charge on any atom is -0.488 e. The van der Waals surface area contributed by atoms with Crippen LogP contribution in [0, 0.1) is 0 Å². The highest BCUT2D eigenvalue weighted by atomic mass is 16.6. The van der Waals surface area contributed by atoms with Crippen molar-refractivity contribution in [1.82, 2.24) is 0 Å². The van der Waals surface area contributed by atoms with E-state index in [1.54, 1.807) is 25.1 Å². The lowest BCUT2D eigenvalue weighted by Crippen LogP contribution is -2.15. The molecule has 0 heterocycles. The van der Waals surface area contributed by atoms with Crippen LogP contribution in [0.5, 0.6) is 11.5 Å². The fourth-order valence-electron chi connectivity index (χ4n) is 1.97. The van der Waals surface area contributed by atoms with Gasteiger partial charge in [0.05, 0.1) is 12.2 Å². The van der Waals surface area contributed by atoms with Crippen LogP contribution < -0.4 is 9.47 Å². The molecule has 2 aromatic rings. The lowest BCUT2D eigenvalue weighted by atomic mass is 10.2. The van der Waals surface area contributed by atoms with Crippen LogP contribution in [0.25, 0.3) is 0 Å². The maximum Gasteiger partial charge on any atom is 0.344 e. The van der Waals surface area contributed by atoms with E-state index in [0.717, 1.165) is 5.56 Å². The zero-order chi connectivity index (χ0) is 16.5. The van der Waals surface area contributed by atoms with Crippen molar-refractivity contribution in [1.29, 1.82) is 0 Å². The number of carbonyl (C=O) groups excluding carboxylic acids is 2. The molecule has 0 saturated carbocycles. The van der Waals surface area contributed by atoms with Crippen molar-refractivity contribution in [3.05, 3.63) is 59.7 Å². The Morgan fingerprint density at radius 2 is 1.70 bits per heavy atom. The van der Waals surface area contributed by atoms with Crippen molar-refractivity contribution in [2.75, 3.05) is 13.2 Å². The zero-order valence-electron chi connectivity index (χ0n) is 12.9. The molecule has 0 aromatic heterocycles. The van der Waals surface area contributed by atoms with Crippen LogP contribution in [-0.4, -0.2) is 25.5 Å². The number of rotatable bonds is 8. The number of hydrogen-bond acceptors (Lipinski definition) is 5. The van der Waals surface area contributed by atoms with Gasteiger partial charge in [0.1, 0.15) is 18.1 Å². The first kappa shape index (κ1) is 16.5. The summed E-state index contributed by atoms with van der Waals surface area (Å²) in [6, 6.07) is 14.6. The average Bonchev–Trinajstić information content (AvgIpc) is 2.59. The van der Waals surface area contributed by atoms with E-state index in [0.29, 0.717) is 24.4 Å². The summed E-state index contributed by atoms with van der Waals surface area (Å²) in [6.45, 7) is 2.08. The van der Waals surface area contributed by atoms with Crippen molar-refractivity contribution in [3.63, 3.8) is 0 Å². The van der Waals surface area contributed by atoms with Crippen LogP contribution in [0.3, 0.4) is 0 Å². The normalized spacial score (nSPS) is 9.96. The lowest BCUT2D eigenvalue weighted by Gasteiger charge is -2.12. The highest BCUT2D eigenvalue weighted by molar-refractivity contribution is 5.84. The average molecular weight is 314 g/mol. The molecule has 0 bridgehead atoms. The summed E-state index contributed by atoms with van der Waals surface area (Å²) in [7, 11) is 0. The first-order chi connectivity index (χ1) is 11.2. The van der Waals surface area contributed by atoms with Crippen molar-refractivity contribution in [2.24, 2.45) is 0 Å². The summed E-state index contributed by atoms with van der Waals surface area (Å²) in [5, 5.41) is 0. The Bertz CT molecular complexity index is 652. The van der Waals surface area contributed by atoms with Crippen molar-refractivity contribution in [2.45, 2.75) is 13.5 Å². The molecule has 0 atom stereocenters. The highest BCUT2D eigenvalue weighted by Crippen LogP contribution is 2.27. The Labute approximate surface area is 134 Å². The van der Waals surface area contributed by atoms with Crippen LogP contribution in [0.2, 0.25) is 0 Å². The largest absolute Gasteiger partial charge is 0.488 e. The molecule has 0 aliphatic rings. The van der Waals surface area contributed by atoms with Crippen molar-refractivity contribution in [3.8, 4) is 11.5 Å². The second kappa shape index (κ2) is 8.58. The molecule has 23 heavy (non-hydrogen) atoms. The summed E-state index contributed by atoms with van der Waals surface area (Å²) in [5.41, 5.74) is 1.26. The monoisotopic (exact) mass is 314 g/mol. The third kappa shape index (κ3) is 4.85. The van der Waals surface area contributed by atoms with Gasteiger partial charge in [-0.1, -0.05) is 36.4 Å². The van der Waals surface area contributed by atoms with Gasteiger partial charge in [0.15, 0.2) is 12.9 Å². The fraction of sp³-hybridized carbons (Fsp3) is 0.222. The number of carbonyl (C=O) groups is 2. The molecule has 0 aliphatic carbocycles. The Morgan fingerprint density at radius 3 is 2.35 bits per heavy atom. The predicted octanol–water partition coefficient (Wildman–Crippen LogP) is 3.02. The van der Waals surface area contributed by atoms with E-state index in [4.69, 9.17) is 14.2 Å². The molecular formula is C18H18O5. The van der Waals surface area contributed by atoms with Gasteiger partial charge in [-0.05, 0) is 24.6 Å². The first-order valence-corrected chi connectivity index (χ1v) is 7.28. The molecule has 5 nitrogen and oxygen atoms in total. The summed E-state index contributed by atoms with van der Waals surface area (Å²) < 4.78 is 15.8. The number of hydrogen-bond donors (Lipinski definition) is 0. The minimum absolute atomic E-state index is 0.253. The third-order valence-corrected chi connectivity index (χ3v) is 3.03. The van der Waals surface area contributed by atoms with E-state index < -0.39 is 5.97 Å². The van der Waals surface area contributed by atoms with Gasteiger partial charge in [-0.25, -0.2) is 4.79 Å². The zero-order valence-corrected chi connectivity index (χ0v) is 12.9.